The number of rotatable bonds is 13. The Hall–Kier alpha value is -3.11. The molecule has 1 atom stereocenters. The zero-order valence-corrected chi connectivity index (χ0v) is 18.9. The Bertz CT molecular complexity index is 1000. The normalized spacial score (nSPS) is 12.1. The van der Waals surface area contributed by atoms with Crippen molar-refractivity contribution in [3.63, 3.8) is 0 Å². The molecule has 0 unspecified atom stereocenters. The van der Waals surface area contributed by atoms with Crippen LogP contribution in [0.25, 0.3) is 5.65 Å². The first-order valence-corrected chi connectivity index (χ1v) is 10.8. The second kappa shape index (κ2) is 11.5. The lowest BCUT2D eigenvalue weighted by Gasteiger charge is -2.16. The van der Waals surface area contributed by atoms with E-state index in [0.717, 1.165) is 36.4 Å². The second-order valence-electron chi connectivity index (χ2n) is 7.45. The van der Waals surface area contributed by atoms with Crippen molar-refractivity contribution in [1.29, 1.82) is 0 Å². The maximum absolute atomic E-state index is 9.29. The lowest BCUT2D eigenvalue weighted by Crippen LogP contribution is -2.20. The molecule has 0 spiro atoms. The molecule has 4 N–H and O–H groups in total. The van der Waals surface area contributed by atoms with E-state index in [1.165, 1.54) is 0 Å². The predicted octanol–water partition coefficient (Wildman–Crippen LogP) is 1.83. The van der Waals surface area contributed by atoms with E-state index in [0.29, 0.717) is 30.8 Å². The van der Waals surface area contributed by atoms with Crippen LogP contribution in [0, 0.1) is 0 Å². The van der Waals surface area contributed by atoms with E-state index in [-0.39, 0.29) is 24.5 Å². The molecule has 2 heterocycles. The number of nitrogens with one attached hydrogen (secondary N) is 1. The molecule has 3 aromatic rings. The summed E-state index contributed by atoms with van der Waals surface area (Å²) in [6.45, 7) is 3.39. The highest BCUT2D eigenvalue weighted by Crippen LogP contribution is 2.25. The van der Waals surface area contributed by atoms with Crippen molar-refractivity contribution >= 4 is 11.5 Å². The second-order valence-corrected chi connectivity index (χ2v) is 7.45. The molecule has 0 saturated carbocycles. The average Bonchev–Trinajstić information content (AvgIpc) is 3.17. The van der Waals surface area contributed by atoms with Crippen LogP contribution in [-0.2, 0) is 6.42 Å². The van der Waals surface area contributed by atoms with E-state index in [2.05, 4.69) is 27.3 Å². The number of imidazole rings is 1. The van der Waals surface area contributed by atoms with Gasteiger partial charge in [0.15, 0.2) is 11.5 Å². The van der Waals surface area contributed by atoms with Crippen LogP contribution in [0.5, 0.6) is 17.5 Å². The summed E-state index contributed by atoms with van der Waals surface area (Å²) < 4.78 is 18.8. The fourth-order valence-electron chi connectivity index (χ4n) is 3.39. The third-order valence-electron chi connectivity index (χ3n) is 4.95. The molecule has 1 aromatic carbocycles. The quantitative estimate of drug-likeness (QED) is 0.338. The van der Waals surface area contributed by atoms with Gasteiger partial charge in [0.25, 0.3) is 0 Å². The number of nitrogens with zero attached hydrogens (tertiary/aromatic N) is 4. The fourth-order valence-corrected chi connectivity index (χ4v) is 3.39. The maximum Gasteiger partial charge on any atom is 0.336 e. The minimum atomic E-state index is -0.176. The molecule has 174 valence electrons. The van der Waals surface area contributed by atoms with Crippen LogP contribution >= 0.6 is 0 Å². The first-order chi connectivity index (χ1) is 15.6. The lowest BCUT2D eigenvalue weighted by molar-refractivity contribution is 0.133. The van der Waals surface area contributed by atoms with Crippen molar-refractivity contribution in [3.05, 3.63) is 35.7 Å². The first kappa shape index (κ1) is 23.6. The molecule has 10 nitrogen and oxygen atoms in total. The monoisotopic (exact) mass is 444 g/mol. The van der Waals surface area contributed by atoms with Gasteiger partial charge in [-0.2, -0.15) is 4.98 Å². The molecular weight excluding hydrogens is 412 g/mol. The van der Waals surface area contributed by atoms with Gasteiger partial charge in [-0.1, -0.05) is 13.3 Å². The van der Waals surface area contributed by atoms with Gasteiger partial charge in [-0.25, -0.2) is 9.50 Å². The van der Waals surface area contributed by atoms with Gasteiger partial charge in [-0.05, 0) is 31.2 Å². The Labute approximate surface area is 187 Å². The van der Waals surface area contributed by atoms with Gasteiger partial charge in [-0.3, -0.25) is 0 Å². The summed E-state index contributed by atoms with van der Waals surface area (Å²) in [4.78, 5) is 8.62. The number of hydrogen-bond donors (Lipinski definition) is 3. The molecule has 0 amide bonds. The number of ether oxygens (including phenoxy) is 3. The van der Waals surface area contributed by atoms with Gasteiger partial charge in [0.2, 0.25) is 0 Å². The summed E-state index contributed by atoms with van der Waals surface area (Å²) in [5.74, 6) is 1.68. The Balaban J connectivity index is 1.87. The highest BCUT2D eigenvalue weighted by atomic mass is 16.5. The number of aliphatic hydroxyl groups excluding tert-OH is 1. The zero-order chi connectivity index (χ0) is 22.9. The summed E-state index contributed by atoms with van der Waals surface area (Å²) in [6.07, 6.45) is 4.30. The van der Waals surface area contributed by atoms with Gasteiger partial charge in [-0.15, -0.1) is 5.10 Å². The van der Waals surface area contributed by atoms with Gasteiger partial charge >= 0.3 is 6.01 Å². The third-order valence-corrected chi connectivity index (χ3v) is 4.95. The number of methoxy groups -OCH3 is 1. The van der Waals surface area contributed by atoms with E-state index in [9.17, 15) is 5.11 Å². The number of fused-ring (bicyclic) bond motifs is 1. The number of benzene rings is 1. The van der Waals surface area contributed by atoms with Crippen molar-refractivity contribution < 1.29 is 19.3 Å². The van der Waals surface area contributed by atoms with Gasteiger partial charge < -0.3 is 30.4 Å². The number of nitrogens with two attached hydrogens (primary N) is 1. The van der Waals surface area contributed by atoms with E-state index in [1.807, 2.05) is 25.2 Å². The minimum absolute atomic E-state index is 0.0350. The van der Waals surface area contributed by atoms with Gasteiger partial charge in [0.1, 0.15) is 24.2 Å². The van der Waals surface area contributed by atoms with E-state index in [1.54, 1.807) is 17.8 Å². The number of aromatic nitrogens is 4. The fraction of sp³-hybridized carbons (Fsp3) is 0.500. The average molecular weight is 445 g/mol. The molecule has 3 rings (SSSR count). The van der Waals surface area contributed by atoms with E-state index >= 15 is 0 Å². The van der Waals surface area contributed by atoms with Gasteiger partial charge in [0, 0.05) is 32.1 Å². The van der Waals surface area contributed by atoms with Gasteiger partial charge in [0.05, 0.1) is 19.0 Å². The van der Waals surface area contributed by atoms with Crippen molar-refractivity contribution in [1.82, 2.24) is 24.9 Å². The van der Waals surface area contributed by atoms with Crippen LogP contribution in [0.4, 0.5) is 5.82 Å². The topological polar surface area (TPSA) is 129 Å². The van der Waals surface area contributed by atoms with E-state index < -0.39 is 0 Å². The maximum atomic E-state index is 9.29. The molecule has 0 fully saturated rings. The number of likely N-dealkylation sites (N-methyl/N-ethyl adjacent to an activating group) is 1. The number of hydrogen-bond acceptors (Lipinski definition) is 9. The van der Waals surface area contributed by atoms with Crippen LogP contribution in [0.1, 0.15) is 37.4 Å². The Morgan fingerprint density at radius 1 is 1.22 bits per heavy atom. The highest BCUT2D eigenvalue weighted by Gasteiger charge is 2.16. The SMILES string of the molecule is CCC[C@H](CCO)Oc1nc(N)c2ncc(Cc3cc(OC)cc(OCCNC)c3)n2n1. The number of anilines is 1. The Morgan fingerprint density at radius 3 is 2.75 bits per heavy atom. The smallest absolute Gasteiger partial charge is 0.336 e. The Kier molecular flexibility index (Phi) is 8.46. The molecule has 0 saturated heterocycles. The molecule has 2 aromatic heterocycles. The summed E-state index contributed by atoms with van der Waals surface area (Å²) in [6, 6.07) is 5.94. The lowest BCUT2D eigenvalue weighted by atomic mass is 10.1. The molecule has 0 aliphatic carbocycles. The summed E-state index contributed by atoms with van der Waals surface area (Å²) in [5.41, 5.74) is 8.39. The van der Waals surface area contributed by atoms with E-state index in [4.69, 9.17) is 19.9 Å². The number of aliphatic hydroxyl groups is 1. The van der Waals surface area contributed by atoms with Crippen LogP contribution in [0.3, 0.4) is 0 Å². The minimum Gasteiger partial charge on any atom is -0.497 e. The highest BCUT2D eigenvalue weighted by molar-refractivity contribution is 5.60. The molecule has 0 aliphatic heterocycles. The van der Waals surface area contributed by atoms with Crippen molar-refractivity contribution in [2.24, 2.45) is 0 Å². The molecule has 10 heteroatoms. The molecule has 0 bridgehead atoms. The van der Waals surface area contributed by atoms with Crippen LogP contribution < -0.4 is 25.3 Å². The van der Waals surface area contributed by atoms with Crippen LogP contribution in [0.15, 0.2) is 24.4 Å². The van der Waals surface area contributed by atoms with Crippen molar-refractivity contribution in [2.75, 3.05) is 39.6 Å². The molecule has 32 heavy (non-hydrogen) atoms. The largest absolute Gasteiger partial charge is 0.497 e. The number of nitrogen functional groups attached to an aromatic ring is 1. The standard InChI is InChI=1S/C22H32N6O4/c1-4-5-17(6-8-29)32-22-26-20(23)21-25-14-16(28(21)27-22)10-15-11-18(30-3)13-19(12-15)31-9-7-24-2/h11-14,17,24,29H,4-10H2,1-3H3,(H2,23,26,27)/t17-/m1/s1. The molecular formula is C22H32N6O4. The Morgan fingerprint density at radius 2 is 2.03 bits per heavy atom. The summed E-state index contributed by atoms with van der Waals surface area (Å²) in [7, 11) is 3.51. The van der Waals surface area contributed by atoms with Crippen LogP contribution in [-0.4, -0.2) is 64.7 Å². The summed E-state index contributed by atoms with van der Waals surface area (Å²) >= 11 is 0. The van der Waals surface area contributed by atoms with Crippen LogP contribution in [0.2, 0.25) is 0 Å². The summed E-state index contributed by atoms with van der Waals surface area (Å²) in [5, 5.41) is 16.9. The molecule has 0 aliphatic rings. The van der Waals surface area contributed by atoms with Crippen molar-refractivity contribution in [3.8, 4) is 17.5 Å². The van der Waals surface area contributed by atoms with Crippen molar-refractivity contribution in [2.45, 2.75) is 38.7 Å². The third kappa shape index (κ3) is 5.98. The predicted molar refractivity (Wildman–Crippen MR) is 121 cm³/mol. The molecule has 0 radical (unpaired) electrons. The zero-order valence-electron chi connectivity index (χ0n) is 18.9. The first-order valence-electron chi connectivity index (χ1n) is 10.8.